The lowest BCUT2D eigenvalue weighted by Gasteiger charge is -2.22. The van der Waals surface area contributed by atoms with Crippen LogP contribution in [0.15, 0.2) is 54.6 Å². The van der Waals surface area contributed by atoms with E-state index >= 15 is 0 Å². The van der Waals surface area contributed by atoms with Gasteiger partial charge in [-0.1, -0.05) is 24.3 Å². The number of nitrogens with one attached hydrogen (secondary N) is 3. The number of benzene rings is 2. The van der Waals surface area contributed by atoms with E-state index in [1.807, 2.05) is 36.4 Å². The van der Waals surface area contributed by atoms with Crippen molar-refractivity contribution in [2.24, 2.45) is 0 Å². The first-order chi connectivity index (χ1) is 19.5. The molecular weight excluding hydrogens is 589 g/mol. The van der Waals surface area contributed by atoms with Gasteiger partial charge < -0.3 is 20.1 Å². The van der Waals surface area contributed by atoms with E-state index in [0.29, 0.717) is 49.9 Å². The second-order valence-electron chi connectivity index (χ2n) is 10.3. The molecule has 2 aliphatic rings. The predicted octanol–water partition coefficient (Wildman–Crippen LogP) is 4.50. The van der Waals surface area contributed by atoms with Crippen molar-refractivity contribution in [1.29, 1.82) is 0 Å². The van der Waals surface area contributed by atoms with E-state index in [1.165, 1.54) is 6.07 Å². The van der Waals surface area contributed by atoms with Crippen molar-refractivity contribution in [2.75, 3.05) is 51.8 Å². The van der Waals surface area contributed by atoms with Crippen molar-refractivity contribution in [2.45, 2.75) is 37.5 Å². The Hall–Kier alpha value is -2.80. The lowest BCUT2D eigenvalue weighted by atomic mass is 9.94. The maximum Gasteiger partial charge on any atom is 0.320 e. The Morgan fingerprint density at radius 2 is 1.81 bits per heavy atom. The third-order valence-electron chi connectivity index (χ3n) is 7.45. The van der Waals surface area contributed by atoms with Gasteiger partial charge >= 0.3 is 6.03 Å². The highest BCUT2D eigenvalue weighted by atomic mass is 35.5. The van der Waals surface area contributed by atoms with E-state index in [0.717, 1.165) is 37.7 Å². The third kappa shape index (κ3) is 8.62. The Bertz CT molecular complexity index is 1280. The molecule has 2 amide bonds. The first-order valence-electron chi connectivity index (χ1n) is 13.7. The summed E-state index contributed by atoms with van der Waals surface area (Å²) in [7, 11) is 1.63. The van der Waals surface area contributed by atoms with Crippen LogP contribution in [0.25, 0.3) is 5.69 Å². The molecule has 2 fully saturated rings. The summed E-state index contributed by atoms with van der Waals surface area (Å²) in [5.41, 5.74) is 2.15. The third-order valence-corrected chi connectivity index (χ3v) is 7.45. The van der Waals surface area contributed by atoms with Gasteiger partial charge in [0, 0.05) is 38.7 Å². The second kappa shape index (κ2) is 16.2. The van der Waals surface area contributed by atoms with Gasteiger partial charge in [-0.15, -0.1) is 24.8 Å². The van der Waals surface area contributed by atoms with Crippen LogP contribution in [0, 0.1) is 11.6 Å². The number of aromatic nitrogens is 2. The minimum absolute atomic E-state index is 0. The number of likely N-dealkylation sites (tertiary alicyclic amines) is 1. The first kappa shape index (κ1) is 33.7. The van der Waals surface area contributed by atoms with Gasteiger partial charge in [0.2, 0.25) is 0 Å². The standard InChI is InChI=1S/C29H36F2N6O3.2ClH/c1-39-14-13-36-17-24(20-7-8-25(30)26(31)15-20)27(18-36)33-29(38)34-28-16-21(19-40-23-9-11-32-12-10-23)35-37(28)22-5-3-2-4-6-22;;/h2-8,15-16,23-24,27,32H,9-14,17-19H2,1H3,(H2,33,34,38);2*1H/t24-,27+;;/m0../s1. The Morgan fingerprint density at radius 3 is 2.52 bits per heavy atom. The van der Waals surface area contributed by atoms with Gasteiger partial charge in [0.05, 0.1) is 36.7 Å². The zero-order valence-electron chi connectivity index (χ0n) is 23.4. The summed E-state index contributed by atoms with van der Waals surface area (Å²) in [5.74, 6) is -1.51. The highest BCUT2D eigenvalue weighted by molar-refractivity contribution is 5.89. The molecule has 0 saturated carbocycles. The highest BCUT2D eigenvalue weighted by Gasteiger charge is 2.35. The summed E-state index contributed by atoms with van der Waals surface area (Å²) >= 11 is 0. The average Bonchev–Trinajstić information content (AvgIpc) is 3.56. The summed E-state index contributed by atoms with van der Waals surface area (Å²) in [6.45, 7) is 4.54. The molecule has 3 N–H and O–H groups in total. The zero-order valence-corrected chi connectivity index (χ0v) is 25.1. The smallest absolute Gasteiger partial charge is 0.320 e. The van der Waals surface area contributed by atoms with Crippen LogP contribution in [0.5, 0.6) is 0 Å². The Morgan fingerprint density at radius 1 is 1.05 bits per heavy atom. The number of hydrogen-bond acceptors (Lipinski definition) is 6. The second-order valence-corrected chi connectivity index (χ2v) is 10.3. The van der Waals surface area contributed by atoms with Gasteiger partial charge in [0.1, 0.15) is 5.82 Å². The Labute approximate surface area is 257 Å². The van der Waals surface area contributed by atoms with Gasteiger partial charge in [-0.05, 0) is 55.8 Å². The predicted molar refractivity (Wildman–Crippen MR) is 162 cm³/mol. The summed E-state index contributed by atoms with van der Waals surface area (Å²) in [6.07, 6.45) is 2.09. The zero-order chi connectivity index (χ0) is 27.9. The topological polar surface area (TPSA) is 92.7 Å². The van der Waals surface area contributed by atoms with Crippen molar-refractivity contribution in [3.05, 3.63) is 77.5 Å². The van der Waals surface area contributed by atoms with Crippen molar-refractivity contribution in [3.63, 3.8) is 0 Å². The molecule has 0 spiro atoms. The van der Waals surface area contributed by atoms with Crippen LogP contribution in [0.4, 0.5) is 19.4 Å². The number of carbonyl (C=O) groups excluding carboxylic acids is 1. The number of rotatable bonds is 10. The molecule has 3 heterocycles. The van der Waals surface area contributed by atoms with E-state index in [4.69, 9.17) is 14.6 Å². The maximum atomic E-state index is 14.1. The van der Waals surface area contributed by atoms with Crippen molar-refractivity contribution >= 4 is 36.7 Å². The van der Waals surface area contributed by atoms with Crippen LogP contribution >= 0.6 is 24.8 Å². The number of hydrogen-bond donors (Lipinski definition) is 3. The largest absolute Gasteiger partial charge is 0.383 e. The van der Waals surface area contributed by atoms with Gasteiger partial charge in [-0.2, -0.15) is 5.10 Å². The number of methoxy groups -OCH3 is 1. The fourth-order valence-corrected chi connectivity index (χ4v) is 5.36. The molecular formula is C29H38Cl2F2N6O3. The molecule has 0 radical (unpaired) electrons. The number of halogens is 4. The van der Waals surface area contributed by atoms with Crippen LogP contribution in [0.1, 0.15) is 30.0 Å². The molecule has 1 aromatic heterocycles. The number of ether oxygens (including phenoxy) is 2. The average molecular weight is 628 g/mol. The van der Waals surface area contributed by atoms with E-state index in [2.05, 4.69) is 20.9 Å². The van der Waals surface area contributed by atoms with Gasteiger partial charge in [0.25, 0.3) is 0 Å². The number of urea groups is 1. The molecule has 2 atom stereocenters. The molecule has 2 aromatic carbocycles. The van der Waals surface area contributed by atoms with E-state index < -0.39 is 17.7 Å². The molecule has 42 heavy (non-hydrogen) atoms. The van der Waals surface area contributed by atoms with Crippen LogP contribution in [0.3, 0.4) is 0 Å². The SMILES string of the molecule is COCCN1C[C@@H](NC(=O)Nc2cc(COC3CCNCC3)nn2-c2ccccc2)[C@H](c2ccc(F)c(F)c2)C1.Cl.Cl. The lowest BCUT2D eigenvalue weighted by molar-refractivity contribution is 0.0194. The van der Waals surface area contributed by atoms with Crippen LogP contribution in [0.2, 0.25) is 0 Å². The van der Waals surface area contributed by atoms with E-state index in [1.54, 1.807) is 17.9 Å². The quantitative estimate of drug-likeness (QED) is 0.307. The molecule has 2 saturated heterocycles. The Kier molecular flexibility index (Phi) is 13.0. The fraction of sp³-hybridized carbons (Fsp3) is 0.448. The summed E-state index contributed by atoms with van der Waals surface area (Å²) in [6, 6.07) is 14.6. The maximum absolute atomic E-state index is 14.1. The molecule has 9 nitrogen and oxygen atoms in total. The molecule has 2 aliphatic heterocycles. The van der Waals surface area contributed by atoms with Crippen molar-refractivity contribution in [1.82, 2.24) is 25.3 Å². The monoisotopic (exact) mass is 626 g/mol. The van der Waals surface area contributed by atoms with E-state index in [9.17, 15) is 13.6 Å². The minimum Gasteiger partial charge on any atom is -0.383 e. The lowest BCUT2D eigenvalue weighted by Crippen LogP contribution is -2.42. The van der Waals surface area contributed by atoms with E-state index in [-0.39, 0.29) is 42.9 Å². The Balaban J connectivity index is 0.00000242. The molecule has 0 unspecified atom stereocenters. The number of amides is 2. The van der Waals surface area contributed by atoms with Crippen LogP contribution in [-0.4, -0.2) is 79.3 Å². The fourth-order valence-electron chi connectivity index (χ4n) is 5.36. The molecule has 0 bridgehead atoms. The van der Waals surface area contributed by atoms with Gasteiger partial charge in [0.15, 0.2) is 11.6 Å². The molecule has 230 valence electrons. The molecule has 3 aromatic rings. The number of anilines is 1. The van der Waals surface area contributed by atoms with Crippen molar-refractivity contribution in [3.8, 4) is 5.69 Å². The minimum atomic E-state index is -0.901. The number of nitrogens with zero attached hydrogens (tertiary/aromatic N) is 3. The number of piperidine rings is 1. The van der Waals surface area contributed by atoms with Gasteiger partial charge in [-0.25, -0.2) is 18.3 Å². The summed E-state index contributed by atoms with van der Waals surface area (Å²) in [5, 5.41) is 14.1. The van der Waals surface area contributed by atoms with Crippen LogP contribution < -0.4 is 16.0 Å². The van der Waals surface area contributed by atoms with Crippen molar-refractivity contribution < 1.29 is 23.0 Å². The summed E-state index contributed by atoms with van der Waals surface area (Å²) < 4.78 is 40.7. The first-order valence-corrected chi connectivity index (χ1v) is 13.7. The summed E-state index contributed by atoms with van der Waals surface area (Å²) in [4.78, 5) is 15.4. The number of carbonyl (C=O) groups is 1. The highest BCUT2D eigenvalue weighted by Crippen LogP contribution is 2.29. The molecule has 13 heteroatoms. The number of para-hydroxylation sites is 1. The normalized spacial score (nSPS) is 19.1. The van der Waals surface area contributed by atoms with Crippen LogP contribution in [-0.2, 0) is 16.1 Å². The van der Waals surface area contributed by atoms with Gasteiger partial charge in [-0.3, -0.25) is 10.2 Å². The molecule has 5 rings (SSSR count). The molecule has 0 aliphatic carbocycles.